The fourth-order valence-corrected chi connectivity index (χ4v) is 6.01. The van der Waals surface area contributed by atoms with Crippen molar-refractivity contribution < 1.29 is 29.0 Å². The molecular formula is C25H38N2O6. The Balaban J connectivity index is 2.01. The van der Waals surface area contributed by atoms with Crippen LogP contribution in [0.4, 0.5) is 0 Å². The molecule has 0 aliphatic carbocycles. The molecule has 2 amide bonds. The first-order valence-electron chi connectivity index (χ1n) is 12.2. The predicted octanol–water partition coefficient (Wildman–Crippen LogP) is 2.07. The van der Waals surface area contributed by atoms with Crippen LogP contribution in [0.2, 0.25) is 0 Å². The molecule has 33 heavy (non-hydrogen) atoms. The zero-order valence-electron chi connectivity index (χ0n) is 20.0. The molecule has 3 fully saturated rings. The lowest BCUT2D eigenvalue weighted by atomic mass is 9.65. The molecule has 3 aliphatic rings. The molecule has 0 aromatic heterocycles. The molecule has 2 unspecified atom stereocenters. The fraction of sp³-hybridized carbons (Fsp3) is 0.720. The summed E-state index contributed by atoms with van der Waals surface area (Å²) >= 11 is 0. The summed E-state index contributed by atoms with van der Waals surface area (Å²) in [6.45, 7) is 12.3. The van der Waals surface area contributed by atoms with Gasteiger partial charge in [0.1, 0.15) is 17.6 Å². The van der Waals surface area contributed by atoms with Crippen LogP contribution in [0.1, 0.15) is 52.4 Å². The molecule has 5 atom stereocenters. The SMILES string of the molecule is C=CCCOC(=O)[C@H]1[C@H]2C(=O)N(CCO)C(C(=O)N(CC=C)CCCC)C23CC[C@]1(CC)O3. The summed E-state index contributed by atoms with van der Waals surface area (Å²) in [5.41, 5.74) is -1.91. The second-order valence-electron chi connectivity index (χ2n) is 9.26. The Morgan fingerprint density at radius 1 is 1.30 bits per heavy atom. The van der Waals surface area contributed by atoms with E-state index in [4.69, 9.17) is 9.47 Å². The van der Waals surface area contributed by atoms with Gasteiger partial charge in [-0.25, -0.2) is 0 Å². The van der Waals surface area contributed by atoms with Crippen molar-refractivity contribution in [2.75, 3.05) is 32.8 Å². The van der Waals surface area contributed by atoms with Gasteiger partial charge in [-0.05, 0) is 32.1 Å². The van der Waals surface area contributed by atoms with Gasteiger partial charge < -0.3 is 24.4 Å². The van der Waals surface area contributed by atoms with Crippen molar-refractivity contribution in [3.8, 4) is 0 Å². The van der Waals surface area contributed by atoms with E-state index in [9.17, 15) is 19.5 Å². The number of carbonyl (C=O) groups is 3. The maximum atomic E-state index is 13.9. The predicted molar refractivity (Wildman–Crippen MR) is 123 cm³/mol. The highest BCUT2D eigenvalue weighted by atomic mass is 16.6. The number of nitrogens with zero attached hydrogens (tertiary/aromatic N) is 2. The molecule has 3 saturated heterocycles. The highest BCUT2D eigenvalue weighted by molar-refractivity contribution is 5.98. The van der Waals surface area contributed by atoms with E-state index in [0.717, 1.165) is 12.8 Å². The number of amides is 2. The number of fused-ring (bicyclic) bond motifs is 1. The molecule has 1 spiro atoms. The maximum absolute atomic E-state index is 13.9. The summed E-state index contributed by atoms with van der Waals surface area (Å²) in [6.07, 6.45) is 7.27. The van der Waals surface area contributed by atoms with Gasteiger partial charge >= 0.3 is 5.97 Å². The zero-order chi connectivity index (χ0) is 24.2. The Kier molecular flexibility index (Phi) is 8.00. The number of esters is 1. The monoisotopic (exact) mass is 462 g/mol. The summed E-state index contributed by atoms with van der Waals surface area (Å²) in [5.74, 6) is -2.53. The summed E-state index contributed by atoms with van der Waals surface area (Å²) in [7, 11) is 0. The fourth-order valence-electron chi connectivity index (χ4n) is 6.01. The third kappa shape index (κ3) is 4.12. The lowest BCUT2D eigenvalue weighted by Gasteiger charge is -2.36. The Hall–Kier alpha value is -2.19. The van der Waals surface area contributed by atoms with Gasteiger partial charge in [0.25, 0.3) is 0 Å². The highest BCUT2D eigenvalue weighted by Crippen LogP contribution is 2.64. The molecular weight excluding hydrogens is 424 g/mol. The largest absolute Gasteiger partial charge is 0.465 e. The Morgan fingerprint density at radius 3 is 2.67 bits per heavy atom. The molecule has 3 rings (SSSR count). The number of likely N-dealkylation sites (tertiary alicyclic amines) is 1. The van der Waals surface area contributed by atoms with E-state index < -0.39 is 35.0 Å². The highest BCUT2D eigenvalue weighted by Gasteiger charge is 2.79. The van der Waals surface area contributed by atoms with E-state index in [-0.39, 0.29) is 31.6 Å². The third-order valence-corrected chi connectivity index (χ3v) is 7.52. The summed E-state index contributed by atoms with van der Waals surface area (Å²) in [6, 6.07) is -0.877. The van der Waals surface area contributed by atoms with Crippen molar-refractivity contribution in [1.82, 2.24) is 9.80 Å². The van der Waals surface area contributed by atoms with Crippen molar-refractivity contribution in [3.05, 3.63) is 25.3 Å². The minimum absolute atomic E-state index is 0.0178. The van der Waals surface area contributed by atoms with Crippen LogP contribution in [0.15, 0.2) is 25.3 Å². The third-order valence-electron chi connectivity index (χ3n) is 7.52. The summed E-state index contributed by atoms with van der Waals surface area (Å²) < 4.78 is 12.1. The molecule has 8 nitrogen and oxygen atoms in total. The van der Waals surface area contributed by atoms with Crippen LogP contribution in [0.5, 0.6) is 0 Å². The average Bonchev–Trinajstić information content (AvgIpc) is 3.40. The first-order chi connectivity index (χ1) is 15.9. The first-order valence-corrected chi connectivity index (χ1v) is 12.2. The van der Waals surface area contributed by atoms with E-state index in [0.29, 0.717) is 38.8 Å². The van der Waals surface area contributed by atoms with E-state index in [1.807, 2.05) is 6.92 Å². The molecule has 0 aromatic rings. The number of carbonyl (C=O) groups excluding carboxylic acids is 3. The van der Waals surface area contributed by atoms with Gasteiger partial charge in [-0.15, -0.1) is 13.2 Å². The number of aliphatic hydroxyl groups excluding tert-OH is 1. The summed E-state index contributed by atoms with van der Waals surface area (Å²) in [4.78, 5) is 43.9. The number of unbranched alkanes of at least 4 members (excludes halogenated alkanes) is 1. The van der Waals surface area contributed by atoms with Gasteiger partial charge in [-0.3, -0.25) is 14.4 Å². The van der Waals surface area contributed by atoms with Crippen LogP contribution in [0.3, 0.4) is 0 Å². The minimum atomic E-state index is -1.09. The van der Waals surface area contributed by atoms with Crippen molar-refractivity contribution in [1.29, 1.82) is 0 Å². The molecule has 3 aliphatic heterocycles. The molecule has 184 valence electrons. The molecule has 0 radical (unpaired) electrons. The van der Waals surface area contributed by atoms with Crippen LogP contribution >= 0.6 is 0 Å². The zero-order valence-corrected chi connectivity index (χ0v) is 20.0. The molecule has 1 N–H and O–H groups in total. The molecule has 0 saturated carbocycles. The van der Waals surface area contributed by atoms with Crippen LogP contribution in [0, 0.1) is 11.8 Å². The average molecular weight is 463 g/mol. The van der Waals surface area contributed by atoms with Gasteiger partial charge in [-0.2, -0.15) is 0 Å². The van der Waals surface area contributed by atoms with Gasteiger partial charge in [0.2, 0.25) is 11.8 Å². The van der Waals surface area contributed by atoms with Crippen molar-refractivity contribution >= 4 is 17.8 Å². The molecule has 0 aromatic carbocycles. The van der Waals surface area contributed by atoms with E-state index in [1.54, 1.807) is 17.1 Å². The van der Waals surface area contributed by atoms with E-state index in [1.165, 1.54) is 4.90 Å². The quantitative estimate of drug-likeness (QED) is 0.256. The van der Waals surface area contributed by atoms with Crippen LogP contribution in [-0.2, 0) is 23.9 Å². The van der Waals surface area contributed by atoms with Crippen molar-refractivity contribution in [2.24, 2.45) is 11.8 Å². The second kappa shape index (κ2) is 10.4. The number of hydrogen-bond acceptors (Lipinski definition) is 6. The van der Waals surface area contributed by atoms with Crippen LogP contribution in [0.25, 0.3) is 0 Å². The van der Waals surface area contributed by atoms with Crippen molar-refractivity contribution in [3.63, 3.8) is 0 Å². The van der Waals surface area contributed by atoms with Crippen LogP contribution in [-0.4, -0.2) is 82.8 Å². The Labute approximate surface area is 196 Å². The molecule has 2 bridgehead atoms. The molecule has 3 heterocycles. The number of rotatable bonds is 13. The second-order valence-corrected chi connectivity index (χ2v) is 9.26. The number of hydrogen-bond donors (Lipinski definition) is 1. The Bertz CT molecular complexity index is 785. The topological polar surface area (TPSA) is 96.4 Å². The lowest BCUT2D eigenvalue weighted by Crippen LogP contribution is -2.56. The van der Waals surface area contributed by atoms with Gasteiger partial charge in [0.05, 0.1) is 24.7 Å². The standard InChI is InChI=1S/C25H38N2O6/c1-5-9-14-26(13-7-3)22(30)20-25-12-11-24(8-4,33-25)19(23(31)32-17-10-6-2)18(25)21(29)27(20)15-16-28/h6-7,18-20,28H,2-3,5,8-17H2,1,4H3/t18-,19+,20?,24-,25?/m0/s1. The van der Waals surface area contributed by atoms with E-state index in [2.05, 4.69) is 20.1 Å². The van der Waals surface area contributed by atoms with Gasteiger partial charge in [0.15, 0.2) is 0 Å². The van der Waals surface area contributed by atoms with Gasteiger partial charge in [-0.1, -0.05) is 32.4 Å². The van der Waals surface area contributed by atoms with Crippen molar-refractivity contribution in [2.45, 2.75) is 69.6 Å². The Morgan fingerprint density at radius 2 is 2.06 bits per heavy atom. The molecule has 8 heteroatoms. The first kappa shape index (κ1) is 25.4. The van der Waals surface area contributed by atoms with Gasteiger partial charge in [0, 0.05) is 19.6 Å². The normalized spacial score (nSPS) is 32.0. The number of β-amino-alcohol motifs (C(OH)–C–C–N with tert-alkyl or cyclic N) is 1. The lowest BCUT2D eigenvalue weighted by molar-refractivity contribution is -0.162. The minimum Gasteiger partial charge on any atom is -0.465 e. The summed E-state index contributed by atoms with van der Waals surface area (Å²) in [5, 5.41) is 9.70. The smallest absolute Gasteiger partial charge is 0.312 e. The maximum Gasteiger partial charge on any atom is 0.312 e. The van der Waals surface area contributed by atoms with Crippen LogP contribution < -0.4 is 0 Å². The van der Waals surface area contributed by atoms with E-state index >= 15 is 0 Å². The number of aliphatic hydroxyl groups is 1. The number of ether oxygens (including phenoxy) is 2.